The predicted octanol–water partition coefficient (Wildman–Crippen LogP) is 3.41. The molecular weight excluding hydrogens is 318 g/mol. The van der Waals surface area contributed by atoms with E-state index in [1.165, 1.54) is 21.8 Å². The van der Waals surface area contributed by atoms with Crippen molar-refractivity contribution >= 4 is 51.1 Å². The van der Waals surface area contributed by atoms with Gasteiger partial charge in [0, 0.05) is 35.4 Å². The summed E-state index contributed by atoms with van der Waals surface area (Å²) in [5.41, 5.74) is 3.89. The number of rotatable bonds is 2. The molecule has 3 aromatic rings. The Labute approximate surface area is 145 Å². The van der Waals surface area contributed by atoms with Gasteiger partial charge in [0.15, 0.2) is 5.11 Å². The quantitative estimate of drug-likeness (QED) is 0.576. The molecule has 0 aliphatic carbocycles. The second-order valence-corrected chi connectivity index (χ2v) is 6.28. The Kier molecular flexibility index (Phi) is 3.39. The summed E-state index contributed by atoms with van der Waals surface area (Å²) in [5.74, 6) is -0.0690. The molecule has 0 saturated carbocycles. The lowest BCUT2D eigenvalue weighted by molar-refractivity contribution is -0.122. The molecule has 1 N–H and O–H groups in total. The van der Waals surface area contributed by atoms with Gasteiger partial charge >= 0.3 is 0 Å². The van der Waals surface area contributed by atoms with Gasteiger partial charge in [-0.3, -0.25) is 9.69 Å². The van der Waals surface area contributed by atoms with Crippen LogP contribution in [0.3, 0.4) is 0 Å². The Bertz CT molecular complexity index is 1030. The number of amides is 1. The summed E-state index contributed by atoms with van der Waals surface area (Å²) in [4.78, 5) is 13.9. The molecule has 24 heavy (non-hydrogen) atoms. The zero-order chi connectivity index (χ0) is 16.8. The van der Waals surface area contributed by atoms with Gasteiger partial charge < -0.3 is 9.88 Å². The van der Waals surface area contributed by atoms with E-state index in [4.69, 9.17) is 12.2 Å². The lowest BCUT2D eigenvalue weighted by atomic mass is 10.1. The van der Waals surface area contributed by atoms with Crippen LogP contribution in [0.15, 0.2) is 48.2 Å². The minimum atomic E-state index is -0.0690. The molecule has 4 nitrogen and oxygen atoms in total. The standard InChI is InChI=1S/C19H17N3OS/c1-3-22-18(23)15(20-19(22)24)11-12-8-9-17-14(10-12)13-6-4-5-7-16(13)21(17)2/h4-11H,3H2,1-2H3,(H,20,24)/b15-11-. The van der Waals surface area contributed by atoms with E-state index in [0.29, 0.717) is 17.4 Å². The number of aryl methyl sites for hydroxylation is 1. The number of nitrogens with one attached hydrogen (secondary N) is 1. The highest BCUT2D eigenvalue weighted by Gasteiger charge is 2.28. The monoisotopic (exact) mass is 335 g/mol. The zero-order valence-corrected chi connectivity index (χ0v) is 14.4. The number of hydrogen-bond acceptors (Lipinski definition) is 2. The van der Waals surface area contributed by atoms with Gasteiger partial charge in [-0.2, -0.15) is 0 Å². The number of para-hydroxylation sites is 1. The fraction of sp³-hybridized carbons (Fsp3) is 0.158. The average molecular weight is 335 g/mol. The lowest BCUT2D eigenvalue weighted by Crippen LogP contribution is -2.30. The van der Waals surface area contributed by atoms with Crippen LogP contribution in [0.1, 0.15) is 12.5 Å². The maximum Gasteiger partial charge on any atom is 0.276 e. The minimum absolute atomic E-state index is 0.0690. The molecule has 0 radical (unpaired) electrons. The maximum absolute atomic E-state index is 12.3. The van der Waals surface area contributed by atoms with E-state index < -0.39 is 0 Å². The molecular formula is C19H17N3OS. The van der Waals surface area contributed by atoms with E-state index >= 15 is 0 Å². The summed E-state index contributed by atoms with van der Waals surface area (Å²) >= 11 is 5.20. The number of benzene rings is 2. The van der Waals surface area contributed by atoms with E-state index in [1.807, 2.05) is 31.2 Å². The number of likely N-dealkylation sites (N-methyl/N-ethyl adjacent to an activating group) is 1. The van der Waals surface area contributed by atoms with Gasteiger partial charge in [0.25, 0.3) is 5.91 Å². The van der Waals surface area contributed by atoms with Gasteiger partial charge in [0.05, 0.1) is 0 Å². The van der Waals surface area contributed by atoms with Crippen molar-refractivity contribution in [2.24, 2.45) is 7.05 Å². The maximum atomic E-state index is 12.3. The molecule has 1 aromatic heterocycles. The molecule has 1 saturated heterocycles. The summed E-state index contributed by atoms with van der Waals surface area (Å²) in [5, 5.41) is 5.88. The van der Waals surface area contributed by atoms with Crippen LogP contribution in [-0.4, -0.2) is 27.0 Å². The van der Waals surface area contributed by atoms with Gasteiger partial charge in [-0.25, -0.2) is 0 Å². The van der Waals surface area contributed by atoms with Crippen molar-refractivity contribution < 1.29 is 4.79 Å². The molecule has 1 fully saturated rings. The molecule has 0 unspecified atom stereocenters. The Morgan fingerprint density at radius 3 is 2.62 bits per heavy atom. The molecule has 1 aliphatic heterocycles. The van der Waals surface area contributed by atoms with Crippen LogP contribution >= 0.6 is 12.2 Å². The van der Waals surface area contributed by atoms with Crippen molar-refractivity contribution in [3.63, 3.8) is 0 Å². The number of fused-ring (bicyclic) bond motifs is 3. The normalized spacial score (nSPS) is 16.6. The first-order valence-electron chi connectivity index (χ1n) is 7.92. The third kappa shape index (κ3) is 2.12. The van der Waals surface area contributed by atoms with Crippen molar-refractivity contribution in [1.29, 1.82) is 0 Å². The third-order valence-corrected chi connectivity index (χ3v) is 4.85. The van der Waals surface area contributed by atoms with Crippen molar-refractivity contribution in [3.05, 3.63) is 53.7 Å². The molecule has 0 bridgehead atoms. The average Bonchev–Trinajstić information content (AvgIpc) is 3.02. The number of carbonyl (C=O) groups is 1. The molecule has 1 aliphatic rings. The zero-order valence-electron chi connectivity index (χ0n) is 13.5. The van der Waals surface area contributed by atoms with Crippen molar-refractivity contribution in [2.45, 2.75) is 6.92 Å². The van der Waals surface area contributed by atoms with Crippen LogP contribution in [0.4, 0.5) is 0 Å². The highest BCUT2D eigenvalue weighted by atomic mass is 32.1. The van der Waals surface area contributed by atoms with E-state index in [1.54, 1.807) is 4.90 Å². The van der Waals surface area contributed by atoms with E-state index in [0.717, 1.165) is 5.56 Å². The lowest BCUT2D eigenvalue weighted by Gasteiger charge is -2.08. The largest absolute Gasteiger partial charge is 0.344 e. The minimum Gasteiger partial charge on any atom is -0.344 e. The van der Waals surface area contributed by atoms with Gasteiger partial charge in [-0.1, -0.05) is 24.3 Å². The van der Waals surface area contributed by atoms with Crippen molar-refractivity contribution in [2.75, 3.05) is 6.54 Å². The molecule has 4 rings (SSSR count). The van der Waals surface area contributed by atoms with Crippen LogP contribution in [-0.2, 0) is 11.8 Å². The first-order valence-corrected chi connectivity index (χ1v) is 8.32. The SMILES string of the molecule is CCN1C(=O)/C(=C/c2ccc3c(c2)c2ccccc2n3C)NC1=S. The summed E-state index contributed by atoms with van der Waals surface area (Å²) in [6.07, 6.45) is 1.87. The van der Waals surface area contributed by atoms with E-state index in [-0.39, 0.29) is 5.91 Å². The van der Waals surface area contributed by atoms with E-state index in [2.05, 4.69) is 41.2 Å². The predicted molar refractivity (Wildman–Crippen MR) is 102 cm³/mol. The fourth-order valence-corrected chi connectivity index (χ4v) is 3.62. The number of aromatic nitrogens is 1. The number of carbonyl (C=O) groups excluding carboxylic acids is 1. The topological polar surface area (TPSA) is 37.3 Å². The third-order valence-electron chi connectivity index (χ3n) is 4.53. The van der Waals surface area contributed by atoms with E-state index in [9.17, 15) is 4.79 Å². The van der Waals surface area contributed by atoms with Crippen LogP contribution in [0.5, 0.6) is 0 Å². The van der Waals surface area contributed by atoms with Crippen LogP contribution < -0.4 is 5.32 Å². The molecule has 0 atom stereocenters. The molecule has 2 heterocycles. The Morgan fingerprint density at radius 2 is 1.88 bits per heavy atom. The van der Waals surface area contributed by atoms with Crippen molar-refractivity contribution in [3.8, 4) is 0 Å². The molecule has 1 amide bonds. The highest BCUT2D eigenvalue weighted by molar-refractivity contribution is 7.80. The Balaban J connectivity index is 1.84. The van der Waals surface area contributed by atoms with Gasteiger partial charge in [0.1, 0.15) is 5.70 Å². The Morgan fingerprint density at radius 1 is 1.12 bits per heavy atom. The smallest absolute Gasteiger partial charge is 0.276 e. The first kappa shape index (κ1) is 14.9. The number of thiocarbonyl (C=S) groups is 1. The van der Waals surface area contributed by atoms with Crippen LogP contribution in [0.25, 0.3) is 27.9 Å². The summed E-state index contributed by atoms with van der Waals surface area (Å²) in [6.45, 7) is 2.49. The second kappa shape index (κ2) is 5.46. The molecule has 5 heteroatoms. The number of nitrogens with zero attached hydrogens (tertiary/aromatic N) is 2. The molecule has 120 valence electrons. The number of hydrogen-bond donors (Lipinski definition) is 1. The van der Waals surface area contributed by atoms with Gasteiger partial charge in [-0.05, 0) is 49.0 Å². The van der Waals surface area contributed by atoms with Gasteiger partial charge in [-0.15, -0.1) is 0 Å². The Hall–Kier alpha value is -2.66. The fourth-order valence-electron chi connectivity index (χ4n) is 3.30. The first-order chi connectivity index (χ1) is 11.6. The highest BCUT2D eigenvalue weighted by Crippen LogP contribution is 2.29. The molecule has 2 aromatic carbocycles. The second-order valence-electron chi connectivity index (χ2n) is 5.89. The van der Waals surface area contributed by atoms with Crippen LogP contribution in [0.2, 0.25) is 0 Å². The summed E-state index contributed by atoms with van der Waals surface area (Å²) in [7, 11) is 2.07. The molecule has 0 spiro atoms. The summed E-state index contributed by atoms with van der Waals surface area (Å²) < 4.78 is 2.19. The van der Waals surface area contributed by atoms with Crippen LogP contribution in [0, 0.1) is 0 Å². The van der Waals surface area contributed by atoms with Gasteiger partial charge in [0.2, 0.25) is 0 Å². The summed E-state index contributed by atoms with van der Waals surface area (Å²) in [6, 6.07) is 14.6. The van der Waals surface area contributed by atoms with Crippen molar-refractivity contribution in [1.82, 2.24) is 14.8 Å².